The van der Waals surface area contributed by atoms with Crippen LogP contribution < -0.4 is 47.2 Å². The van der Waals surface area contributed by atoms with Gasteiger partial charge in [0.2, 0.25) is 47.3 Å². The first-order chi connectivity index (χ1) is 51.7. The van der Waals surface area contributed by atoms with Crippen LogP contribution in [0.5, 0.6) is 0 Å². The molecule has 0 saturated heterocycles. The molecule has 14 N–H and O–H groups in total. The van der Waals surface area contributed by atoms with E-state index in [1.165, 1.54) is 0 Å². The zero-order chi connectivity index (χ0) is 79.1. The van der Waals surface area contributed by atoms with Gasteiger partial charge >= 0.3 is 37.6 Å². The normalized spacial score (nSPS) is 13.4. The van der Waals surface area contributed by atoms with Crippen LogP contribution in [0.4, 0.5) is 5.69 Å². The second-order valence-electron chi connectivity index (χ2n) is 24.9. The maximum absolute atomic E-state index is 13.7. The number of hydrogen-bond acceptors (Lipinski definition) is 19. The number of nitrogens with one attached hydrogen (secondary N) is 8. The second-order valence-corrected chi connectivity index (χ2v) is 27.7. The quantitative estimate of drug-likeness (QED) is 0.0167. The fourth-order valence-electron chi connectivity index (χ4n) is 10.5. The summed E-state index contributed by atoms with van der Waals surface area (Å²) in [4.78, 5) is 174. The van der Waals surface area contributed by atoms with E-state index in [0.717, 1.165) is 32.2 Å². The molecule has 0 saturated carbocycles. The summed E-state index contributed by atoms with van der Waals surface area (Å²) in [5.41, 5.74) is 4.29. The standard InChI is InChI=1S/C72H99IN9O25P/c73-53-25-21-49(22-26-53)12-10-20-60(83)74-37-9-7-16-56(70(95)96)80-68(92)54(27-30-61(84)75-36-8-1-2-19-63(86)79-57(71(97)98)28-31-64(87)78-55(69(93)94)17-11-39-107-108(101,102)81-58(72(99)100)29-34-67(90)91)77-65(88)35-40-103-42-44-105-46-47-106-45-43-104-41-38-76-62(85)32-33-66(89)82-48-52-15-4-3-13-50(52)23-24-51-14-5-6-18-59(51)82/h3-6,13-15,18,21-22,25-26,54-58H,1-2,7-12,16-17,19-20,27-48H2,(H,74,83)(H,75,84)(H,76,85)(H,77,88)(H,78,87)(H,79,86)(H,80,92)(H,90,91)(H,93,94)(H,95,96)(H,97,98)(H,99,100)(H2,81,101,102)/t54?,55-,56?,57-,58?/m0/s1. The Hall–Kier alpha value is -8.99. The van der Waals surface area contributed by atoms with Gasteiger partial charge in [0.1, 0.15) is 30.2 Å². The predicted octanol–water partition coefficient (Wildman–Crippen LogP) is 3.43. The van der Waals surface area contributed by atoms with Crippen molar-refractivity contribution in [2.75, 3.05) is 84.0 Å². The lowest BCUT2D eigenvalue weighted by molar-refractivity contribution is -0.143. The van der Waals surface area contributed by atoms with Gasteiger partial charge in [-0.2, -0.15) is 0 Å². The van der Waals surface area contributed by atoms with Crippen molar-refractivity contribution in [3.8, 4) is 11.8 Å². The first kappa shape index (κ1) is 91.4. The number of aliphatic carboxylic acids is 5. The van der Waals surface area contributed by atoms with E-state index in [-0.39, 0.29) is 154 Å². The number of aryl methyl sites for hydroxylation is 1. The van der Waals surface area contributed by atoms with Gasteiger partial charge in [-0.15, -0.1) is 0 Å². The molecular weight excluding hydrogens is 1550 g/mol. The van der Waals surface area contributed by atoms with Crippen molar-refractivity contribution in [1.82, 2.24) is 42.3 Å². The number of anilines is 1. The molecule has 1 aliphatic heterocycles. The minimum Gasteiger partial charge on any atom is -0.481 e. The molecule has 0 bridgehead atoms. The summed E-state index contributed by atoms with van der Waals surface area (Å²) in [6.45, 7) is 1.73. The van der Waals surface area contributed by atoms with Crippen LogP contribution in [-0.2, 0) is 103 Å². The summed E-state index contributed by atoms with van der Waals surface area (Å²) in [6, 6.07) is 15.5. The fraction of sp³-hybridized carbons (Fsp3) is 0.542. The molecule has 1 aliphatic rings. The van der Waals surface area contributed by atoms with Gasteiger partial charge in [-0.05, 0) is 141 Å². The molecule has 3 aromatic rings. The Morgan fingerprint density at radius 2 is 0.917 bits per heavy atom. The molecule has 34 nitrogen and oxygen atoms in total. The van der Waals surface area contributed by atoms with Gasteiger partial charge in [0.25, 0.3) is 0 Å². The Bertz CT molecular complexity index is 3560. The van der Waals surface area contributed by atoms with E-state index in [1.807, 2.05) is 77.9 Å². The SMILES string of the molecule is O=C(O)CCC(NP(=O)(O)OCCC[C@H](NC(=O)CC[C@H](NC(=O)CCCCCNC(=O)CCC(NC(=O)CCOCCOCCOCCOCCNC(=O)CCC(=O)N1Cc2ccccc2C#Cc2ccccc21)C(=O)NC(CCCCNC(=O)CCCc1ccc(I)cc1)C(=O)O)C(=O)O)C(=O)O)C(=O)O. The number of benzene rings is 3. The lowest BCUT2D eigenvalue weighted by Crippen LogP contribution is -2.52. The molecule has 594 valence electrons. The number of carboxylic acid groups (broad SMARTS) is 5. The average Bonchev–Trinajstić information content (AvgIpc) is 0.804. The van der Waals surface area contributed by atoms with Crippen LogP contribution in [0.3, 0.4) is 0 Å². The first-order valence-electron chi connectivity index (χ1n) is 35.6. The maximum Gasteiger partial charge on any atom is 0.403 e. The van der Waals surface area contributed by atoms with E-state index in [9.17, 15) is 92.2 Å². The number of halogens is 1. The van der Waals surface area contributed by atoms with E-state index in [2.05, 4.69) is 71.6 Å². The molecule has 0 spiro atoms. The highest BCUT2D eigenvalue weighted by Crippen LogP contribution is 2.38. The topological polar surface area (TPSA) is 506 Å². The summed E-state index contributed by atoms with van der Waals surface area (Å²) < 4.78 is 40.4. The number of carbonyl (C=O) groups is 13. The summed E-state index contributed by atoms with van der Waals surface area (Å²) in [5, 5.41) is 67.1. The number of carbonyl (C=O) groups excluding carboxylic acids is 8. The number of fused-ring (bicyclic) bond motifs is 2. The van der Waals surface area contributed by atoms with Crippen molar-refractivity contribution in [2.24, 2.45) is 0 Å². The number of nitrogens with zero attached hydrogens (tertiary/aromatic N) is 1. The molecule has 0 aromatic heterocycles. The Morgan fingerprint density at radius 1 is 0.435 bits per heavy atom. The van der Waals surface area contributed by atoms with Crippen molar-refractivity contribution in [3.05, 3.63) is 98.6 Å². The number of amides is 8. The fourth-order valence-corrected chi connectivity index (χ4v) is 12.0. The third kappa shape index (κ3) is 39.7. The molecule has 4 rings (SSSR count). The maximum atomic E-state index is 13.7. The molecule has 8 amide bonds. The third-order valence-corrected chi connectivity index (χ3v) is 18.2. The van der Waals surface area contributed by atoms with Crippen LogP contribution in [0.2, 0.25) is 0 Å². The molecule has 3 aromatic carbocycles. The Labute approximate surface area is 639 Å². The van der Waals surface area contributed by atoms with Gasteiger partial charge < -0.3 is 91.5 Å². The van der Waals surface area contributed by atoms with Crippen LogP contribution in [0.15, 0.2) is 72.8 Å². The number of para-hydroxylation sites is 1. The van der Waals surface area contributed by atoms with Gasteiger partial charge in [-0.25, -0.2) is 24.0 Å². The minimum absolute atomic E-state index is 0.00258. The first-order valence-corrected chi connectivity index (χ1v) is 38.3. The van der Waals surface area contributed by atoms with Crippen LogP contribution in [0.1, 0.15) is 151 Å². The van der Waals surface area contributed by atoms with E-state index in [1.54, 1.807) is 4.90 Å². The predicted molar refractivity (Wildman–Crippen MR) is 396 cm³/mol. The summed E-state index contributed by atoms with van der Waals surface area (Å²) in [5.74, 6) is -5.18. The van der Waals surface area contributed by atoms with Crippen LogP contribution in [-0.4, -0.2) is 217 Å². The van der Waals surface area contributed by atoms with Crippen molar-refractivity contribution in [2.45, 2.75) is 172 Å². The molecule has 6 atom stereocenters. The van der Waals surface area contributed by atoms with Crippen molar-refractivity contribution in [3.63, 3.8) is 0 Å². The van der Waals surface area contributed by atoms with Crippen molar-refractivity contribution in [1.29, 1.82) is 0 Å². The molecule has 1 heterocycles. The molecule has 108 heavy (non-hydrogen) atoms. The molecule has 0 fully saturated rings. The molecule has 0 aliphatic carbocycles. The number of rotatable bonds is 58. The number of carboxylic acids is 5. The average molecular weight is 1650 g/mol. The molecular formula is C72H99IN9O25P. The van der Waals surface area contributed by atoms with Crippen molar-refractivity contribution < 1.29 is 121 Å². The highest BCUT2D eigenvalue weighted by Gasteiger charge is 2.32. The number of unbranched alkanes of at least 4 members (excludes halogenated alkanes) is 3. The molecule has 0 radical (unpaired) electrons. The highest BCUT2D eigenvalue weighted by molar-refractivity contribution is 14.1. The van der Waals surface area contributed by atoms with E-state index >= 15 is 0 Å². The van der Waals surface area contributed by atoms with Gasteiger partial charge in [-0.1, -0.05) is 60.7 Å². The summed E-state index contributed by atoms with van der Waals surface area (Å²) in [7, 11) is -4.80. The number of ether oxygens (including phenoxy) is 4. The Morgan fingerprint density at radius 3 is 1.56 bits per heavy atom. The van der Waals surface area contributed by atoms with Gasteiger partial charge in [-0.3, -0.25) is 52.5 Å². The van der Waals surface area contributed by atoms with E-state index in [0.29, 0.717) is 50.8 Å². The number of hydrogen-bond donors (Lipinski definition) is 14. The molecule has 4 unspecified atom stereocenters. The lowest BCUT2D eigenvalue weighted by Gasteiger charge is -2.26. The van der Waals surface area contributed by atoms with Crippen LogP contribution in [0, 0.1) is 15.4 Å². The second kappa shape index (κ2) is 52.1. The van der Waals surface area contributed by atoms with Gasteiger partial charge in [0.05, 0.1) is 71.7 Å². The van der Waals surface area contributed by atoms with Crippen LogP contribution in [0.25, 0.3) is 0 Å². The Balaban J connectivity index is 1.12. The lowest BCUT2D eigenvalue weighted by atomic mass is 10.0. The van der Waals surface area contributed by atoms with E-state index in [4.69, 9.17) is 28.6 Å². The monoisotopic (exact) mass is 1650 g/mol. The van der Waals surface area contributed by atoms with Gasteiger partial charge in [0, 0.05) is 85.7 Å². The highest BCUT2D eigenvalue weighted by atomic mass is 127. The summed E-state index contributed by atoms with van der Waals surface area (Å²) >= 11 is 2.22. The van der Waals surface area contributed by atoms with E-state index < -0.39 is 130 Å². The summed E-state index contributed by atoms with van der Waals surface area (Å²) in [6.07, 6.45) is -0.291. The largest absolute Gasteiger partial charge is 0.481 e. The third-order valence-electron chi connectivity index (χ3n) is 16.3. The van der Waals surface area contributed by atoms with Crippen LogP contribution >= 0.6 is 30.3 Å². The Kier molecular flexibility index (Phi) is 44.1. The molecule has 36 heteroatoms. The minimum atomic E-state index is -4.80. The zero-order valence-corrected chi connectivity index (χ0v) is 63.1. The van der Waals surface area contributed by atoms with Gasteiger partial charge in [0.15, 0.2) is 0 Å². The zero-order valence-electron chi connectivity index (χ0n) is 60.1. The van der Waals surface area contributed by atoms with Crippen molar-refractivity contribution >= 4 is 113 Å². The smallest absolute Gasteiger partial charge is 0.403 e.